The lowest BCUT2D eigenvalue weighted by molar-refractivity contribution is 0.0795. The number of hydrogen-bond acceptors (Lipinski definition) is 7. The van der Waals surface area contributed by atoms with E-state index in [0.29, 0.717) is 36.3 Å². The fourth-order valence-corrected chi connectivity index (χ4v) is 4.42. The molecule has 3 rings (SSSR count). The average molecular weight is 401 g/mol. The van der Waals surface area contributed by atoms with Crippen LogP contribution in [0, 0.1) is 5.92 Å². The predicted octanol–water partition coefficient (Wildman–Crippen LogP) is 2.65. The van der Waals surface area contributed by atoms with Crippen LogP contribution in [0.15, 0.2) is 4.42 Å². The Labute approximate surface area is 161 Å². The summed E-state index contributed by atoms with van der Waals surface area (Å²) in [6.07, 6.45) is 5.75. The third kappa shape index (κ3) is 5.42. The SMILES string of the molecule is CC(C)(C)S(=O)(=O)NC[C@H]1CC[C@H](Nc2nnc(C3CCOCC3)o2)CC1. The quantitative estimate of drug-likeness (QED) is 0.756. The van der Waals surface area contributed by atoms with Crippen LogP contribution in [0.2, 0.25) is 0 Å². The number of ether oxygens (including phenoxy) is 1. The number of nitrogens with zero attached hydrogens (tertiary/aromatic N) is 2. The lowest BCUT2D eigenvalue weighted by atomic mass is 9.86. The van der Waals surface area contributed by atoms with Gasteiger partial charge in [0.15, 0.2) is 0 Å². The smallest absolute Gasteiger partial charge is 0.315 e. The first-order valence-corrected chi connectivity index (χ1v) is 11.4. The van der Waals surface area contributed by atoms with Gasteiger partial charge in [-0.05, 0) is 65.2 Å². The molecule has 0 bridgehead atoms. The Kier molecular flexibility index (Phi) is 6.43. The van der Waals surface area contributed by atoms with E-state index >= 15 is 0 Å². The van der Waals surface area contributed by atoms with Crippen molar-refractivity contribution in [3.05, 3.63) is 5.89 Å². The Morgan fingerprint density at radius 2 is 1.70 bits per heavy atom. The molecular formula is C18H32N4O4S. The standard InChI is InChI=1S/C18H32N4O4S/c1-18(2,3)27(23,24)19-12-13-4-6-15(7-5-13)20-17-22-21-16(26-17)14-8-10-25-11-9-14/h13-15,19H,4-12H2,1-3H3,(H,20,22)/t13-,15-. The Balaban J connectivity index is 1.43. The van der Waals surface area contributed by atoms with Gasteiger partial charge in [-0.25, -0.2) is 13.1 Å². The number of anilines is 1. The van der Waals surface area contributed by atoms with Crippen LogP contribution in [0.3, 0.4) is 0 Å². The highest BCUT2D eigenvalue weighted by atomic mass is 32.2. The van der Waals surface area contributed by atoms with Crippen LogP contribution in [0.5, 0.6) is 0 Å². The van der Waals surface area contributed by atoms with Gasteiger partial charge in [0.05, 0.1) is 4.75 Å². The van der Waals surface area contributed by atoms with Gasteiger partial charge in [-0.1, -0.05) is 5.10 Å². The van der Waals surface area contributed by atoms with E-state index in [0.717, 1.165) is 51.7 Å². The molecule has 2 N–H and O–H groups in total. The van der Waals surface area contributed by atoms with Crippen molar-refractivity contribution >= 4 is 16.0 Å². The molecule has 9 heteroatoms. The second-order valence-electron chi connectivity index (χ2n) is 8.66. The zero-order chi connectivity index (χ0) is 19.5. The third-order valence-corrected chi connectivity index (χ3v) is 7.71. The van der Waals surface area contributed by atoms with Gasteiger partial charge in [0.1, 0.15) is 0 Å². The molecule has 1 aromatic rings. The van der Waals surface area contributed by atoms with Gasteiger partial charge in [0, 0.05) is 31.7 Å². The monoisotopic (exact) mass is 400 g/mol. The second kappa shape index (κ2) is 8.45. The van der Waals surface area contributed by atoms with Crippen LogP contribution < -0.4 is 10.0 Å². The van der Waals surface area contributed by atoms with Gasteiger partial charge in [0.25, 0.3) is 0 Å². The van der Waals surface area contributed by atoms with Crippen LogP contribution in [0.25, 0.3) is 0 Å². The first-order valence-electron chi connectivity index (χ1n) is 9.91. The van der Waals surface area contributed by atoms with E-state index in [2.05, 4.69) is 20.2 Å². The molecule has 1 saturated heterocycles. The topological polar surface area (TPSA) is 106 Å². The summed E-state index contributed by atoms with van der Waals surface area (Å²) in [5.41, 5.74) is 0. The molecule has 2 aliphatic rings. The van der Waals surface area contributed by atoms with Crippen molar-refractivity contribution in [2.24, 2.45) is 5.92 Å². The van der Waals surface area contributed by atoms with E-state index in [1.54, 1.807) is 20.8 Å². The number of aromatic nitrogens is 2. The zero-order valence-electron chi connectivity index (χ0n) is 16.5. The second-order valence-corrected chi connectivity index (χ2v) is 11.2. The van der Waals surface area contributed by atoms with Crippen molar-refractivity contribution in [1.82, 2.24) is 14.9 Å². The van der Waals surface area contributed by atoms with Crippen LogP contribution in [-0.4, -0.2) is 49.2 Å². The Bertz CT molecular complexity index is 699. The molecule has 27 heavy (non-hydrogen) atoms. The fraction of sp³-hybridized carbons (Fsp3) is 0.889. The van der Waals surface area contributed by atoms with Crippen molar-refractivity contribution in [3.8, 4) is 0 Å². The summed E-state index contributed by atoms with van der Waals surface area (Å²) in [6, 6.07) is 0.789. The van der Waals surface area contributed by atoms with Gasteiger partial charge < -0.3 is 14.5 Å². The van der Waals surface area contributed by atoms with Gasteiger partial charge in [-0.15, -0.1) is 5.10 Å². The maximum Gasteiger partial charge on any atom is 0.315 e. The van der Waals surface area contributed by atoms with Gasteiger partial charge >= 0.3 is 6.01 Å². The van der Waals surface area contributed by atoms with E-state index in [-0.39, 0.29) is 0 Å². The lowest BCUT2D eigenvalue weighted by Crippen LogP contribution is -2.42. The number of rotatable bonds is 6. The highest BCUT2D eigenvalue weighted by Crippen LogP contribution is 2.29. The summed E-state index contributed by atoms with van der Waals surface area (Å²) in [6.45, 7) is 7.16. The summed E-state index contributed by atoms with van der Waals surface area (Å²) < 4.78 is 37.5. The van der Waals surface area contributed by atoms with E-state index in [9.17, 15) is 8.42 Å². The molecule has 1 aliphatic carbocycles. The third-order valence-electron chi connectivity index (χ3n) is 5.55. The molecule has 8 nitrogen and oxygen atoms in total. The van der Waals surface area contributed by atoms with E-state index < -0.39 is 14.8 Å². The minimum atomic E-state index is -3.28. The highest BCUT2D eigenvalue weighted by molar-refractivity contribution is 7.90. The maximum atomic E-state index is 12.2. The molecule has 0 aromatic carbocycles. The van der Waals surface area contributed by atoms with Crippen LogP contribution in [0.1, 0.15) is 71.1 Å². The molecule has 1 aromatic heterocycles. The van der Waals surface area contributed by atoms with Gasteiger partial charge in [-0.2, -0.15) is 0 Å². The highest BCUT2D eigenvalue weighted by Gasteiger charge is 2.30. The van der Waals surface area contributed by atoms with E-state index in [4.69, 9.17) is 9.15 Å². The van der Waals surface area contributed by atoms with Gasteiger partial charge in [-0.3, -0.25) is 0 Å². The first kappa shape index (κ1) is 20.5. The minimum Gasteiger partial charge on any atom is -0.408 e. The first-order chi connectivity index (χ1) is 12.7. The van der Waals surface area contributed by atoms with Crippen molar-refractivity contribution < 1.29 is 17.6 Å². The molecule has 0 radical (unpaired) electrons. The molecular weight excluding hydrogens is 368 g/mol. The maximum absolute atomic E-state index is 12.2. The summed E-state index contributed by atoms with van der Waals surface area (Å²) in [4.78, 5) is 0. The van der Waals surface area contributed by atoms with Crippen molar-refractivity contribution in [3.63, 3.8) is 0 Å². The fourth-order valence-electron chi connectivity index (χ4n) is 3.53. The Hall–Kier alpha value is -1.19. The molecule has 154 valence electrons. The normalized spacial score (nSPS) is 25.4. The van der Waals surface area contributed by atoms with Crippen molar-refractivity contribution in [2.45, 2.75) is 76.0 Å². The molecule has 1 saturated carbocycles. The van der Waals surface area contributed by atoms with Crippen LogP contribution >= 0.6 is 0 Å². The molecule has 1 aliphatic heterocycles. The van der Waals surface area contributed by atoms with Crippen LogP contribution in [0.4, 0.5) is 6.01 Å². The molecule has 2 fully saturated rings. The molecule has 2 heterocycles. The molecule has 0 unspecified atom stereocenters. The molecule has 0 amide bonds. The van der Waals surface area contributed by atoms with Crippen LogP contribution in [-0.2, 0) is 14.8 Å². The summed E-state index contributed by atoms with van der Waals surface area (Å²) in [5, 5.41) is 11.7. The number of nitrogens with one attached hydrogen (secondary N) is 2. The Morgan fingerprint density at radius 1 is 1.04 bits per heavy atom. The zero-order valence-corrected chi connectivity index (χ0v) is 17.3. The van der Waals surface area contributed by atoms with Crippen molar-refractivity contribution in [1.29, 1.82) is 0 Å². The summed E-state index contributed by atoms with van der Waals surface area (Å²) in [5.74, 6) is 1.38. The van der Waals surface area contributed by atoms with E-state index in [1.807, 2.05) is 0 Å². The van der Waals surface area contributed by atoms with Crippen molar-refractivity contribution in [2.75, 3.05) is 25.1 Å². The minimum absolute atomic E-state index is 0.295. The van der Waals surface area contributed by atoms with Gasteiger partial charge in [0.2, 0.25) is 15.9 Å². The number of sulfonamides is 1. The largest absolute Gasteiger partial charge is 0.408 e. The summed E-state index contributed by atoms with van der Waals surface area (Å²) >= 11 is 0. The predicted molar refractivity (Wildman–Crippen MR) is 103 cm³/mol. The average Bonchev–Trinajstić information content (AvgIpc) is 3.09. The van der Waals surface area contributed by atoms with E-state index in [1.165, 1.54) is 0 Å². The molecule has 0 atom stereocenters. The lowest BCUT2D eigenvalue weighted by Gasteiger charge is -2.29. The molecule has 0 spiro atoms. The number of hydrogen-bond donors (Lipinski definition) is 2. The Morgan fingerprint density at radius 3 is 2.33 bits per heavy atom. The summed E-state index contributed by atoms with van der Waals surface area (Å²) in [7, 11) is -3.28.